The third-order valence-corrected chi connectivity index (χ3v) is 6.54. The molecular formula is C27H37N7O4. The average molecular weight is 524 g/mol. The number of nitrogens with two attached hydrogens (primary N) is 1. The van der Waals surface area contributed by atoms with Crippen molar-refractivity contribution in [3.8, 4) is 17.1 Å². The zero-order chi connectivity index (χ0) is 27.4. The highest BCUT2D eigenvalue weighted by Crippen LogP contribution is 2.30. The van der Waals surface area contributed by atoms with Gasteiger partial charge in [-0.1, -0.05) is 6.92 Å². The minimum absolute atomic E-state index is 0.0162. The lowest BCUT2D eigenvalue weighted by Crippen LogP contribution is -2.45. The number of pyridine rings is 1. The number of ether oxygens (including phenoxy) is 2. The van der Waals surface area contributed by atoms with E-state index in [4.69, 9.17) is 15.2 Å². The standard InChI is InChI=1S/C27H37N7O4/c1-6-16(2)37-22-13-17(11-12-29-22)21-14-20(23-24(28)30-15-31-34(21)23)25(35)32-18-7-9-19(10-8-18)33-26(36)38-27(3,4)5/h11-16,18-19H,6-10H2,1-5H3,(H,32,35)(H,33,36)(H2,28,30,31). The number of aromatic nitrogens is 4. The summed E-state index contributed by atoms with van der Waals surface area (Å²) in [5.41, 5.74) is 7.97. The van der Waals surface area contributed by atoms with Gasteiger partial charge >= 0.3 is 6.09 Å². The Hall–Kier alpha value is -3.89. The van der Waals surface area contributed by atoms with E-state index in [2.05, 4.69) is 25.7 Å². The summed E-state index contributed by atoms with van der Waals surface area (Å²) in [6.45, 7) is 9.54. The molecular weight excluding hydrogens is 486 g/mol. The van der Waals surface area contributed by atoms with Gasteiger partial charge in [0.2, 0.25) is 5.88 Å². The number of rotatable bonds is 7. The molecule has 11 heteroatoms. The normalized spacial score (nSPS) is 18.6. The SMILES string of the molecule is CCC(C)Oc1cc(-c2cc(C(=O)NC3CCC(NC(=O)OC(C)(C)C)CC3)c3c(N)ncnn23)ccn1. The van der Waals surface area contributed by atoms with Crippen LogP contribution in [0.25, 0.3) is 16.8 Å². The molecule has 0 aromatic carbocycles. The molecule has 204 valence electrons. The van der Waals surface area contributed by atoms with Crippen molar-refractivity contribution in [1.82, 2.24) is 30.2 Å². The fourth-order valence-electron chi connectivity index (χ4n) is 4.49. The summed E-state index contributed by atoms with van der Waals surface area (Å²) >= 11 is 0. The number of carbonyl (C=O) groups is 2. The fourth-order valence-corrected chi connectivity index (χ4v) is 4.49. The second-order valence-corrected chi connectivity index (χ2v) is 10.7. The van der Waals surface area contributed by atoms with Crippen molar-refractivity contribution < 1.29 is 19.1 Å². The number of nitrogens with zero attached hydrogens (tertiary/aromatic N) is 4. The Morgan fingerprint density at radius 3 is 2.47 bits per heavy atom. The maximum atomic E-state index is 13.4. The molecule has 1 fully saturated rings. The van der Waals surface area contributed by atoms with Crippen molar-refractivity contribution in [3.63, 3.8) is 0 Å². The number of fused-ring (bicyclic) bond motifs is 1. The molecule has 3 aromatic heterocycles. The number of amides is 2. The molecule has 0 radical (unpaired) electrons. The molecule has 0 spiro atoms. The maximum Gasteiger partial charge on any atom is 0.407 e. The summed E-state index contributed by atoms with van der Waals surface area (Å²) in [5.74, 6) is 0.465. The summed E-state index contributed by atoms with van der Waals surface area (Å²) in [4.78, 5) is 33.9. The zero-order valence-electron chi connectivity index (χ0n) is 22.7. The lowest BCUT2D eigenvalue weighted by Gasteiger charge is -2.30. The molecule has 1 aliphatic carbocycles. The molecule has 3 aromatic rings. The monoisotopic (exact) mass is 523 g/mol. The van der Waals surface area contributed by atoms with Crippen LogP contribution >= 0.6 is 0 Å². The van der Waals surface area contributed by atoms with Gasteiger partial charge in [0, 0.05) is 29.9 Å². The molecule has 1 atom stereocenters. The molecule has 3 heterocycles. The molecule has 0 saturated heterocycles. The number of nitrogen functional groups attached to an aromatic ring is 1. The average Bonchev–Trinajstić information content (AvgIpc) is 3.25. The molecule has 11 nitrogen and oxygen atoms in total. The van der Waals surface area contributed by atoms with Crippen LogP contribution in [0.4, 0.5) is 10.6 Å². The second kappa shape index (κ2) is 11.2. The number of hydrogen-bond acceptors (Lipinski definition) is 8. The van der Waals surface area contributed by atoms with Gasteiger partial charge in [-0.3, -0.25) is 4.79 Å². The Kier molecular flexibility index (Phi) is 8.03. The summed E-state index contributed by atoms with van der Waals surface area (Å²) in [6, 6.07) is 5.42. The Labute approximate surface area is 222 Å². The number of carbonyl (C=O) groups excluding carboxylic acids is 2. The molecule has 1 saturated carbocycles. The Bertz CT molecular complexity index is 1290. The third-order valence-electron chi connectivity index (χ3n) is 6.54. The Balaban J connectivity index is 1.49. The topological polar surface area (TPSA) is 146 Å². The molecule has 1 aliphatic rings. The van der Waals surface area contributed by atoms with E-state index in [0.29, 0.717) is 22.7 Å². The van der Waals surface area contributed by atoms with Crippen molar-refractivity contribution in [2.45, 2.75) is 90.5 Å². The lowest BCUT2D eigenvalue weighted by molar-refractivity contribution is 0.0488. The van der Waals surface area contributed by atoms with Crippen LogP contribution in [0.15, 0.2) is 30.7 Å². The molecule has 38 heavy (non-hydrogen) atoms. The lowest BCUT2D eigenvalue weighted by atomic mass is 9.91. The van der Waals surface area contributed by atoms with Crippen LogP contribution in [-0.4, -0.2) is 55.4 Å². The summed E-state index contributed by atoms with van der Waals surface area (Å²) in [5, 5.41) is 10.4. The largest absolute Gasteiger partial charge is 0.475 e. The summed E-state index contributed by atoms with van der Waals surface area (Å²) in [6.07, 6.45) is 6.45. The zero-order valence-corrected chi connectivity index (χ0v) is 22.7. The molecule has 2 amide bonds. The fraction of sp³-hybridized carbons (Fsp3) is 0.519. The van der Waals surface area contributed by atoms with Crippen LogP contribution in [-0.2, 0) is 4.74 Å². The molecule has 1 unspecified atom stereocenters. The number of nitrogens with one attached hydrogen (secondary N) is 2. The van der Waals surface area contributed by atoms with Crippen molar-refractivity contribution in [2.75, 3.05) is 5.73 Å². The van der Waals surface area contributed by atoms with Crippen molar-refractivity contribution >= 4 is 23.3 Å². The van der Waals surface area contributed by atoms with Crippen LogP contribution in [0.1, 0.15) is 77.1 Å². The number of alkyl carbamates (subject to hydrolysis) is 1. The molecule has 4 N–H and O–H groups in total. The smallest absolute Gasteiger partial charge is 0.407 e. The third kappa shape index (κ3) is 6.51. The molecule has 0 bridgehead atoms. The van der Waals surface area contributed by atoms with E-state index >= 15 is 0 Å². The van der Waals surface area contributed by atoms with Gasteiger partial charge in [0.25, 0.3) is 5.91 Å². The van der Waals surface area contributed by atoms with Crippen LogP contribution < -0.4 is 21.1 Å². The van der Waals surface area contributed by atoms with Gasteiger partial charge in [-0.2, -0.15) is 5.10 Å². The van der Waals surface area contributed by atoms with E-state index in [1.54, 1.807) is 16.8 Å². The van der Waals surface area contributed by atoms with E-state index in [9.17, 15) is 9.59 Å². The first kappa shape index (κ1) is 27.2. The van der Waals surface area contributed by atoms with E-state index in [1.807, 2.05) is 46.8 Å². The van der Waals surface area contributed by atoms with Crippen LogP contribution in [0.3, 0.4) is 0 Å². The van der Waals surface area contributed by atoms with Gasteiger partial charge in [0.15, 0.2) is 5.82 Å². The van der Waals surface area contributed by atoms with E-state index in [0.717, 1.165) is 37.7 Å². The van der Waals surface area contributed by atoms with Gasteiger partial charge in [-0.05, 0) is 71.9 Å². The minimum atomic E-state index is -0.543. The minimum Gasteiger partial charge on any atom is -0.475 e. The summed E-state index contributed by atoms with van der Waals surface area (Å²) in [7, 11) is 0. The molecule has 0 aliphatic heterocycles. The van der Waals surface area contributed by atoms with Gasteiger partial charge in [0.1, 0.15) is 17.4 Å². The van der Waals surface area contributed by atoms with Crippen LogP contribution in [0.2, 0.25) is 0 Å². The first-order valence-corrected chi connectivity index (χ1v) is 13.1. The van der Waals surface area contributed by atoms with Gasteiger partial charge in [-0.25, -0.2) is 19.3 Å². The van der Waals surface area contributed by atoms with Gasteiger partial charge in [-0.15, -0.1) is 0 Å². The highest BCUT2D eigenvalue weighted by Gasteiger charge is 2.27. The van der Waals surface area contributed by atoms with E-state index < -0.39 is 11.7 Å². The summed E-state index contributed by atoms with van der Waals surface area (Å²) < 4.78 is 12.9. The first-order valence-electron chi connectivity index (χ1n) is 13.1. The quantitative estimate of drug-likeness (QED) is 0.419. The van der Waals surface area contributed by atoms with Crippen LogP contribution in [0, 0.1) is 0 Å². The van der Waals surface area contributed by atoms with Gasteiger partial charge in [0.05, 0.1) is 17.4 Å². The number of anilines is 1. The number of hydrogen-bond donors (Lipinski definition) is 3. The van der Waals surface area contributed by atoms with Crippen molar-refractivity contribution in [2.24, 2.45) is 0 Å². The van der Waals surface area contributed by atoms with Crippen LogP contribution in [0.5, 0.6) is 5.88 Å². The van der Waals surface area contributed by atoms with Crippen molar-refractivity contribution in [1.29, 1.82) is 0 Å². The van der Waals surface area contributed by atoms with Gasteiger partial charge < -0.3 is 25.8 Å². The highest BCUT2D eigenvalue weighted by atomic mass is 16.6. The highest BCUT2D eigenvalue weighted by molar-refractivity contribution is 6.05. The van der Waals surface area contributed by atoms with E-state index in [1.165, 1.54) is 6.33 Å². The predicted molar refractivity (Wildman–Crippen MR) is 144 cm³/mol. The predicted octanol–water partition coefficient (Wildman–Crippen LogP) is 4.12. The second-order valence-electron chi connectivity index (χ2n) is 10.7. The molecule has 4 rings (SSSR count). The maximum absolute atomic E-state index is 13.4. The Morgan fingerprint density at radius 1 is 1.13 bits per heavy atom. The van der Waals surface area contributed by atoms with Crippen molar-refractivity contribution in [3.05, 3.63) is 36.3 Å². The first-order chi connectivity index (χ1) is 18.0. The van der Waals surface area contributed by atoms with E-state index in [-0.39, 0.29) is 29.9 Å². The Morgan fingerprint density at radius 2 is 1.82 bits per heavy atom.